The average Bonchev–Trinajstić information content (AvgIpc) is 2.34. The molecule has 0 atom stereocenters. The second-order valence-electron chi connectivity index (χ2n) is 4.64. The van der Waals surface area contributed by atoms with Crippen molar-refractivity contribution in [2.75, 3.05) is 26.3 Å². The zero-order valence-corrected chi connectivity index (χ0v) is 10.5. The molecule has 1 aliphatic heterocycles. The van der Waals surface area contributed by atoms with Crippen molar-refractivity contribution in [2.24, 2.45) is 0 Å². The maximum Gasteiger partial charge on any atom is 0.150 e. The van der Waals surface area contributed by atoms with Gasteiger partial charge in [0.05, 0.1) is 13.2 Å². The molecule has 0 saturated carbocycles. The largest absolute Gasteiger partial charge is 0.379 e. The Kier molecular flexibility index (Phi) is 3.92. The number of carbonyl (C=O) groups is 1. The van der Waals surface area contributed by atoms with Crippen LogP contribution in [0.4, 0.5) is 0 Å². The number of hydrogen-bond acceptors (Lipinski definition) is 3. The van der Waals surface area contributed by atoms with Crippen molar-refractivity contribution in [3.05, 3.63) is 34.4 Å². The summed E-state index contributed by atoms with van der Waals surface area (Å²) < 4.78 is 5.33. The van der Waals surface area contributed by atoms with Crippen LogP contribution in [0.15, 0.2) is 12.1 Å². The summed E-state index contributed by atoms with van der Waals surface area (Å²) in [5, 5.41) is 0. The van der Waals surface area contributed by atoms with Crippen molar-refractivity contribution in [1.82, 2.24) is 4.90 Å². The Morgan fingerprint density at radius 3 is 2.59 bits per heavy atom. The number of carbonyl (C=O) groups excluding carboxylic acids is 1. The molecule has 0 radical (unpaired) electrons. The van der Waals surface area contributed by atoms with E-state index in [9.17, 15) is 4.79 Å². The molecule has 1 aromatic rings. The number of aldehydes is 1. The Labute approximate surface area is 102 Å². The van der Waals surface area contributed by atoms with E-state index in [0.29, 0.717) is 0 Å². The molecule has 0 unspecified atom stereocenters. The van der Waals surface area contributed by atoms with Gasteiger partial charge >= 0.3 is 0 Å². The van der Waals surface area contributed by atoms with E-state index in [1.165, 1.54) is 11.1 Å². The van der Waals surface area contributed by atoms with Gasteiger partial charge in [-0.05, 0) is 36.6 Å². The molecule has 1 aliphatic rings. The molecule has 3 heteroatoms. The van der Waals surface area contributed by atoms with Gasteiger partial charge in [-0.25, -0.2) is 0 Å². The minimum Gasteiger partial charge on any atom is -0.379 e. The fraction of sp³-hybridized carbons (Fsp3) is 0.500. The fourth-order valence-corrected chi connectivity index (χ4v) is 2.21. The molecule has 1 aromatic carbocycles. The van der Waals surface area contributed by atoms with E-state index in [0.717, 1.165) is 50.3 Å². The molecular formula is C14H19NO2. The van der Waals surface area contributed by atoms with Crippen LogP contribution in [0.2, 0.25) is 0 Å². The summed E-state index contributed by atoms with van der Waals surface area (Å²) >= 11 is 0. The maximum atomic E-state index is 10.9. The van der Waals surface area contributed by atoms with E-state index in [4.69, 9.17) is 4.74 Å². The Hall–Kier alpha value is -1.19. The minimum absolute atomic E-state index is 0.804. The lowest BCUT2D eigenvalue weighted by atomic mass is 10.00. The van der Waals surface area contributed by atoms with Crippen molar-refractivity contribution in [3.63, 3.8) is 0 Å². The van der Waals surface area contributed by atoms with Crippen LogP contribution >= 0.6 is 0 Å². The zero-order valence-electron chi connectivity index (χ0n) is 10.5. The lowest BCUT2D eigenvalue weighted by molar-refractivity contribution is 0.0341. The first-order valence-electron chi connectivity index (χ1n) is 6.06. The Morgan fingerprint density at radius 2 is 1.94 bits per heavy atom. The van der Waals surface area contributed by atoms with Gasteiger partial charge in [0.15, 0.2) is 0 Å². The normalized spacial score (nSPS) is 17.1. The van der Waals surface area contributed by atoms with E-state index in [1.54, 1.807) is 0 Å². The predicted octanol–water partition coefficient (Wildman–Crippen LogP) is 1.95. The molecule has 2 rings (SSSR count). The van der Waals surface area contributed by atoms with Crippen LogP contribution in [0.5, 0.6) is 0 Å². The molecule has 0 spiro atoms. The average molecular weight is 233 g/mol. The topological polar surface area (TPSA) is 29.5 Å². The summed E-state index contributed by atoms with van der Waals surface area (Å²) in [6, 6.07) is 4.12. The monoisotopic (exact) mass is 233 g/mol. The van der Waals surface area contributed by atoms with Crippen molar-refractivity contribution in [3.8, 4) is 0 Å². The maximum absolute atomic E-state index is 10.9. The van der Waals surface area contributed by atoms with Gasteiger partial charge in [0.1, 0.15) is 6.29 Å². The quantitative estimate of drug-likeness (QED) is 0.747. The smallest absolute Gasteiger partial charge is 0.150 e. The van der Waals surface area contributed by atoms with E-state index in [-0.39, 0.29) is 0 Å². The molecule has 17 heavy (non-hydrogen) atoms. The third-order valence-electron chi connectivity index (χ3n) is 3.35. The van der Waals surface area contributed by atoms with Crippen LogP contribution < -0.4 is 0 Å². The number of rotatable bonds is 3. The molecule has 0 bridgehead atoms. The summed E-state index contributed by atoms with van der Waals surface area (Å²) in [6.45, 7) is 8.58. The first-order valence-corrected chi connectivity index (χ1v) is 6.06. The molecule has 0 amide bonds. The van der Waals surface area contributed by atoms with Crippen LogP contribution in [0.25, 0.3) is 0 Å². The molecule has 1 heterocycles. The lowest BCUT2D eigenvalue weighted by Crippen LogP contribution is -2.35. The van der Waals surface area contributed by atoms with Crippen molar-refractivity contribution in [1.29, 1.82) is 0 Å². The summed E-state index contributed by atoms with van der Waals surface area (Å²) in [6.07, 6.45) is 0.942. The van der Waals surface area contributed by atoms with E-state index < -0.39 is 0 Å². The fourth-order valence-electron chi connectivity index (χ4n) is 2.21. The summed E-state index contributed by atoms with van der Waals surface area (Å²) in [4.78, 5) is 13.3. The van der Waals surface area contributed by atoms with E-state index >= 15 is 0 Å². The Balaban J connectivity index is 2.16. The summed E-state index contributed by atoms with van der Waals surface area (Å²) in [5.41, 5.74) is 4.38. The minimum atomic E-state index is 0.804. The van der Waals surface area contributed by atoms with Gasteiger partial charge in [-0.3, -0.25) is 9.69 Å². The van der Waals surface area contributed by atoms with Crippen LogP contribution in [-0.4, -0.2) is 37.5 Å². The number of benzene rings is 1. The lowest BCUT2D eigenvalue weighted by Gasteiger charge is -2.27. The first-order chi connectivity index (χ1) is 8.20. The Morgan fingerprint density at radius 1 is 1.24 bits per heavy atom. The SMILES string of the molecule is Cc1cc(C)c(CN2CCOCC2)cc1C=O. The molecule has 0 aliphatic carbocycles. The molecular weight excluding hydrogens is 214 g/mol. The molecule has 3 nitrogen and oxygen atoms in total. The van der Waals surface area contributed by atoms with E-state index in [2.05, 4.69) is 17.9 Å². The van der Waals surface area contributed by atoms with Gasteiger partial charge < -0.3 is 4.74 Å². The molecule has 1 saturated heterocycles. The highest BCUT2D eigenvalue weighted by molar-refractivity contribution is 5.77. The molecule has 92 valence electrons. The molecule has 0 N–H and O–H groups in total. The zero-order chi connectivity index (χ0) is 12.3. The highest BCUT2D eigenvalue weighted by Crippen LogP contribution is 2.17. The third kappa shape index (κ3) is 2.93. The van der Waals surface area contributed by atoms with Crippen LogP contribution in [0.3, 0.4) is 0 Å². The summed E-state index contributed by atoms with van der Waals surface area (Å²) in [7, 11) is 0. The molecule has 1 fully saturated rings. The van der Waals surface area contributed by atoms with Gasteiger partial charge in [0.2, 0.25) is 0 Å². The van der Waals surface area contributed by atoms with Gasteiger partial charge in [0.25, 0.3) is 0 Å². The van der Waals surface area contributed by atoms with Crippen molar-refractivity contribution < 1.29 is 9.53 Å². The van der Waals surface area contributed by atoms with Gasteiger partial charge in [-0.2, -0.15) is 0 Å². The first kappa shape index (κ1) is 12.3. The summed E-state index contributed by atoms with van der Waals surface area (Å²) in [5.74, 6) is 0. The second-order valence-corrected chi connectivity index (χ2v) is 4.64. The predicted molar refractivity (Wildman–Crippen MR) is 67.4 cm³/mol. The number of hydrogen-bond donors (Lipinski definition) is 0. The van der Waals surface area contributed by atoms with Crippen molar-refractivity contribution in [2.45, 2.75) is 20.4 Å². The van der Waals surface area contributed by atoms with Crippen LogP contribution in [0, 0.1) is 13.8 Å². The number of morpholine rings is 1. The number of nitrogens with zero attached hydrogens (tertiary/aromatic N) is 1. The standard InChI is InChI=1S/C14H19NO2/c1-11-7-12(2)14(10-16)8-13(11)9-15-3-5-17-6-4-15/h7-8,10H,3-6,9H2,1-2H3. The molecule has 0 aromatic heterocycles. The highest BCUT2D eigenvalue weighted by atomic mass is 16.5. The van der Waals surface area contributed by atoms with E-state index in [1.807, 2.05) is 13.0 Å². The van der Waals surface area contributed by atoms with Crippen LogP contribution in [0.1, 0.15) is 27.0 Å². The number of aryl methyl sites for hydroxylation is 2. The highest BCUT2D eigenvalue weighted by Gasteiger charge is 2.12. The van der Waals surface area contributed by atoms with Gasteiger partial charge in [-0.15, -0.1) is 0 Å². The number of ether oxygens (including phenoxy) is 1. The van der Waals surface area contributed by atoms with Crippen molar-refractivity contribution >= 4 is 6.29 Å². The van der Waals surface area contributed by atoms with Gasteiger partial charge in [0, 0.05) is 25.2 Å². The van der Waals surface area contributed by atoms with Crippen LogP contribution in [-0.2, 0) is 11.3 Å². The third-order valence-corrected chi connectivity index (χ3v) is 3.35. The van der Waals surface area contributed by atoms with Gasteiger partial charge in [-0.1, -0.05) is 6.07 Å². The Bertz CT molecular complexity index is 409. The second kappa shape index (κ2) is 5.43.